The van der Waals surface area contributed by atoms with Crippen LogP contribution in [0.2, 0.25) is 0 Å². The van der Waals surface area contributed by atoms with Gasteiger partial charge in [0, 0.05) is 26.2 Å². The fraction of sp³-hybridized carbons (Fsp3) is 0.750. The van der Waals surface area contributed by atoms with E-state index in [1.54, 1.807) is 14.0 Å². The van der Waals surface area contributed by atoms with Crippen molar-refractivity contribution in [1.82, 2.24) is 10.6 Å². The van der Waals surface area contributed by atoms with E-state index in [1.165, 1.54) is 0 Å². The number of aliphatic carboxylic acids is 2. The zero-order valence-corrected chi connectivity index (χ0v) is 11.7. The molecule has 0 heterocycles. The van der Waals surface area contributed by atoms with E-state index in [1.807, 2.05) is 0 Å². The molecule has 0 aromatic heterocycles. The van der Waals surface area contributed by atoms with Gasteiger partial charge in [-0.1, -0.05) is 0 Å². The number of rotatable bonds is 10. The molecule has 0 saturated heterocycles. The number of ether oxygens (including phenoxy) is 1. The number of carbonyl (C=O) groups is 3. The van der Waals surface area contributed by atoms with Gasteiger partial charge in [0.15, 0.2) is 0 Å². The number of nitrogens with one attached hydrogen (secondary N) is 2. The van der Waals surface area contributed by atoms with Gasteiger partial charge in [0.05, 0.1) is 0 Å². The van der Waals surface area contributed by atoms with E-state index in [9.17, 15) is 14.4 Å². The molecule has 20 heavy (non-hydrogen) atoms. The first-order valence-corrected chi connectivity index (χ1v) is 6.37. The molecule has 0 saturated carbocycles. The van der Waals surface area contributed by atoms with Crippen LogP contribution in [0.1, 0.15) is 32.6 Å². The van der Waals surface area contributed by atoms with Crippen LogP contribution in [-0.2, 0) is 14.3 Å². The minimum absolute atomic E-state index is 0.0709. The monoisotopic (exact) mass is 290 g/mol. The highest BCUT2D eigenvalue weighted by molar-refractivity contribution is 5.82. The third kappa shape index (κ3) is 9.15. The van der Waals surface area contributed by atoms with Crippen molar-refractivity contribution in [3.63, 3.8) is 0 Å². The summed E-state index contributed by atoms with van der Waals surface area (Å²) in [5, 5.41) is 22.3. The van der Waals surface area contributed by atoms with Crippen molar-refractivity contribution in [2.45, 2.75) is 44.7 Å². The Labute approximate surface area is 117 Å². The quantitative estimate of drug-likeness (QED) is 0.462. The van der Waals surface area contributed by atoms with Crippen LogP contribution in [0.3, 0.4) is 0 Å². The van der Waals surface area contributed by atoms with Gasteiger partial charge < -0.3 is 25.6 Å². The first kappa shape index (κ1) is 18.2. The molecule has 116 valence electrons. The van der Waals surface area contributed by atoms with Gasteiger partial charge in [-0.05, 0) is 26.2 Å². The lowest BCUT2D eigenvalue weighted by molar-refractivity contribution is -0.140. The van der Waals surface area contributed by atoms with E-state index in [0.29, 0.717) is 13.0 Å². The van der Waals surface area contributed by atoms with Gasteiger partial charge >= 0.3 is 18.0 Å². The Morgan fingerprint density at radius 1 is 1.15 bits per heavy atom. The lowest BCUT2D eigenvalue weighted by Gasteiger charge is -2.18. The van der Waals surface area contributed by atoms with E-state index >= 15 is 0 Å². The normalized spacial score (nSPS) is 13.3. The molecule has 1 unspecified atom stereocenters. The predicted molar refractivity (Wildman–Crippen MR) is 70.5 cm³/mol. The summed E-state index contributed by atoms with van der Waals surface area (Å²) in [6.07, 6.45) is 0.741. The highest BCUT2D eigenvalue weighted by Crippen LogP contribution is 2.02. The van der Waals surface area contributed by atoms with E-state index in [0.717, 1.165) is 0 Å². The van der Waals surface area contributed by atoms with Crippen LogP contribution in [0, 0.1) is 0 Å². The molecular formula is C12H22N2O6. The molecule has 8 nitrogen and oxygen atoms in total. The van der Waals surface area contributed by atoms with Gasteiger partial charge in [0.2, 0.25) is 0 Å². The Morgan fingerprint density at radius 2 is 1.80 bits per heavy atom. The van der Waals surface area contributed by atoms with Gasteiger partial charge in [-0.3, -0.25) is 4.79 Å². The molecule has 8 heteroatoms. The smallest absolute Gasteiger partial charge is 0.326 e. The van der Waals surface area contributed by atoms with Crippen LogP contribution < -0.4 is 10.6 Å². The summed E-state index contributed by atoms with van der Waals surface area (Å²) in [6, 6.07) is -1.83. The number of urea groups is 1. The Kier molecular flexibility index (Phi) is 9.10. The van der Waals surface area contributed by atoms with E-state index in [-0.39, 0.29) is 25.3 Å². The molecular weight excluding hydrogens is 268 g/mol. The van der Waals surface area contributed by atoms with Crippen LogP contribution in [0.4, 0.5) is 4.79 Å². The second-order valence-corrected chi connectivity index (χ2v) is 4.48. The van der Waals surface area contributed by atoms with E-state index < -0.39 is 24.0 Å². The molecule has 0 aliphatic rings. The van der Waals surface area contributed by atoms with Crippen molar-refractivity contribution >= 4 is 18.0 Å². The first-order valence-electron chi connectivity index (χ1n) is 6.37. The van der Waals surface area contributed by atoms with Crippen LogP contribution in [-0.4, -0.2) is 54.0 Å². The minimum Gasteiger partial charge on any atom is -0.481 e. The number of methoxy groups -OCH3 is 1. The van der Waals surface area contributed by atoms with Gasteiger partial charge in [0.1, 0.15) is 6.04 Å². The van der Waals surface area contributed by atoms with Crippen molar-refractivity contribution in [3.8, 4) is 0 Å². The Balaban J connectivity index is 4.13. The summed E-state index contributed by atoms with van der Waals surface area (Å²) < 4.78 is 4.87. The summed E-state index contributed by atoms with van der Waals surface area (Å²) in [5.74, 6) is -2.18. The first-order chi connectivity index (χ1) is 9.36. The topological polar surface area (TPSA) is 125 Å². The maximum atomic E-state index is 11.6. The van der Waals surface area contributed by atoms with Gasteiger partial charge in [-0.15, -0.1) is 0 Å². The van der Waals surface area contributed by atoms with Crippen molar-refractivity contribution in [1.29, 1.82) is 0 Å². The SMILES string of the molecule is COCCC(C)NC(=O)N[C@H](CCCC(=O)O)C(=O)O. The number of carboxylic acid groups (broad SMARTS) is 2. The second-order valence-electron chi connectivity index (χ2n) is 4.48. The average Bonchev–Trinajstić information content (AvgIpc) is 2.34. The minimum atomic E-state index is -1.19. The van der Waals surface area contributed by atoms with Crippen LogP contribution in [0.15, 0.2) is 0 Å². The highest BCUT2D eigenvalue weighted by atomic mass is 16.5. The van der Waals surface area contributed by atoms with Crippen molar-refractivity contribution in [2.75, 3.05) is 13.7 Å². The van der Waals surface area contributed by atoms with E-state index in [4.69, 9.17) is 14.9 Å². The summed E-state index contributed by atoms with van der Waals surface area (Å²) >= 11 is 0. The molecule has 0 spiro atoms. The van der Waals surface area contributed by atoms with Crippen molar-refractivity contribution in [2.24, 2.45) is 0 Å². The average molecular weight is 290 g/mol. The Hall–Kier alpha value is -1.83. The molecule has 4 N–H and O–H groups in total. The second kappa shape index (κ2) is 10.0. The molecule has 2 atom stereocenters. The molecule has 0 radical (unpaired) electrons. The summed E-state index contributed by atoms with van der Waals surface area (Å²) in [6.45, 7) is 2.27. The zero-order chi connectivity index (χ0) is 15.5. The fourth-order valence-corrected chi connectivity index (χ4v) is 1.51. The predicted octanol–water partition coefficient (Wildman–Crippen LogP) is 0.419. The maximum absolute atomic E-state index is 11.6. The zero-order valence-electron chi connectivity index (χ0n) is 11.7. The Bertz CT molecular complexity index is 334. The van der Waals surface area contributed by atoms with Crippen LogP contribution >= 0.6 is 0 Å². The molecule has 0 rings (SSSR count). The maximum Gasteiger partial charge on any atom is 0.326 e. The van der Waals surface area contributed by atoms with Gasteiger partial charge in [0.25, 0.3) is 0 Å². The molecule has 2 amide bonds. The van der Waals surface area contributed by atoms with Crippen LogP contribution in [0.25, 0.3) is 0 Å². The number of carboxylic acids is 2. The fourth-order valence-electron chi connectivity index (χ4n) is 1.51. The number of hydrogen-bond donors (Lipinski definition) is 4. The Morgan fingerprint density at radius 3 is 2.30 bits per heavy atom. The van der Waals surface area contributed by atoms with E-state index in [2.05, 4.69) is 10.6 Å². The lowest BCUT2D eigenvalue weighted by Crippen LogP contribution is -2.48. The summed E-state index contributed by atoms with van der Waals surface area (Å²) in [7, 11) is 1.55. The molecule has 0 aliphatic heterocycles. The van der Waals surface area contributed by atoms with Gasteiger partial charge in [-0.25, -0.2) is 9.59 Å². The molecule has 0 fully saturated rings. The van der Waals surface area contributed by atoms with Crippen LogP contribution in [0.5, 0.6) is 0 Å². The number of carbonyl (C=O) groups excluding carboxylic acids is 1. The highest BCUT2D eigenvalue weighted by Gasteiger charge is 2.20. The van der Waals surface area contributed by atoms with Crippen molar-refractivity contribution < 1.29 is 29.3 Å². The lowest BCUT2D eigenvalue weighted by atomic mass is 10.1. The third-order valence-corrected chi connectivity index (χ3v) is 2.62. The third-order valence-electron chi connectivity index (χ3n) is 2.62. The largest absolute Gasteiger partial charge is 0.481 e. The molecule has 0 aromatic carbocycles. The summed E-state index contributed by atoms with van der Waals surface area (Å²) in [5.41, 5.74) is 0. The molecule has 0 bridgehead atoms. The number of amides is 2. The summed E-state index contributed by atoms with van der Waals surface area (Å²) in [4.78, 5) is 32.9. The number of hydrogen-bond acceptors (Lipinski definition) is 4. The van der Waals surface area contributed by atoms with Crippen molar-refractivity contribution in [3.05, 3.63) is 0 Å². The molecule has 0 aromatic rings. The standard InChI is InChI=1S/C12H22N2O6/c1-8(6-7-20-2)13-12(19)14-9(11(17)18)4-3-5-10(15)16/h8-9H,3-7H2,1-2H3,(H,15,16)(H,17,18)(H2,13,14,19)/t8?,9-/m1/s1. The molecule has 0 aliphatic carbocycles. The van der Waals surface area contributed by atoms with Gasteiger partial charge in [-0.2, -0.15) is 0 Å².